The van der Waals surface area contributed by atoms with Gasteiger partial charge in [-0.15, -0.1) is 0 Å². The Bertz CT molecular complexity index is 444. The largest absolute Gasteiger partial charge is 0.545 e. The highest BCUT2D eigenvalue weighted by atomic mass is 16.4. The van der Waals surface area contributed by atoms with E-state index in [1.807, 2.05) is 0 Å². The van der Waals surface area contributed by atoms with Crippen LogP contribution < -0.4 is 15.4 Å². The van der Waals surface area contributed by atoms with E-state index in [0.717, 1.165) is 31.6 Å². The smallest absolute Gasteiger partial charge is 0.0822 e. The molecule has 0 bridgehead atoms. The number of hydrogen-bond acceptors (Lipinski definition) is 4. The van der Waals surface area contributed by atoms with Gasteiger partial charge in [-0.05, 0) is 17.7 Å². The number of rotatable bonds is 3. The number of piperidine rings is 1. The summed E-state index contributed by atoms with van der Waals surface area (Å²) in [7, 11) is 2.18. The van der Waals surface area contributed by atoms with Gasteiger partial charge in [0.2, 0.25) is 0 Å². The van der Waals surface area contributed by atoms with Crippen LogP contribution in [-0.4, -0.2) is 31.8 Å². The molecular weight excluding hydrogens is 230 g/mol. The lowest BCUT2D eigenvalue weighted by Gasteiger charge is -2.20. The van der Waals surface area contributed by atoms with Crippen LogP contribution in [0, 0.1) is 0 Å². The number of carbonyl (C=O) groups is 1. The lowest BCUT2D eigenvalue weighted by atomic mass is 10.1. The summed E-state index contributed by atoms with van der Waals surface area (Å²) >= 11 is 0. The lowest BCUT2D eigenvalue weighted by molar-refractivity contribution is -0.880. The summed E-state index contributed by atoms with van der Waals surface area (Å²) < 4.78 is 0. The average Bonchev–Trinajstić information content (AvgIpc) is 2.38. The molecule has 1 aliphatic rings. The van der Waals surface area contributed by atoms with Crippen molar-refractivity contribution in [3.63, 3.8) is 0 Å². The molecule has 2 N–H and O–H groups in total. The van der Waals surface area contributed by atoms with Gasteiger partial charge in [-0.2, -0.15) is 5.10 Å². The highest BCUT2D eigenvalue weighted by Gasteiger charge is 2.13. The van der Waals surface area contributed by atoms with Crippen LogP contribution in [0.4, 0.5) is 5.69 Å². The second-order valence-corrected chi connectivity index (χ2v) is 4.61. The monoisotopic (exact) mass is 247 g/mol. The van der Waals surface area contributed by atoms with E-state index in [4.69, 9.17) is 0 Å². The van der Waals surface area contributed by atoms with E-state index in [1.54, 1.807) is 12.1 Å². The lowest BCUT2D eigenvalue weighted by Crippen LogP contribution is -3.10. The maximum atomic E-state index is 10.6. The minimum absolute atomic E-state index is 0.177. The molecular formula is C13H17N3O2. The van der Waals surface area contributed by atoms with Gasteiger partial charge < -0.3 is 14.8 Å². The van der Waals surface area contributed by atoms with E-state index in [-0.39, 0.29) is 5.56 Å². The number of hydrogen-bond donors (Lipinski definition) is 2. The van der Waals surface area contributed by atoms with Crippen molar-refractivity contribution < 1.29 is 14.8 Å². The van der Waals surface area contributed by atoms with Gasteiger partial charge in [-0.25, -0.2) is 0 Å². The van der Waals surface area contributed by atoms with Crippen LogP contribution in [0.2, 0.25) is 0 Å². The summed E-state index contributed by atoms with van der Waals surface area (Å²) in [5.41, 5.74) is 5.10. The summed E-state index contributed by atoms with van der Waals surface area (Å²) in [5.74, 6) is -1.16. The molecule has 5 heteroatoms. The summed E-state index contributed by atoms with van der Waals surface area (Å²) in [6, 6.07) is 6.40. The van der Waals surface area contributed by atoms with Crippen LogP contribution in [0.3, 0.4) is 0 Å². The van der Waals surface area contributed by atoms with Gasteiger partial charge >= 0.3 is 0 Å². The van der Waals surface area contributed by atoms with Gasteiger partial charge in [0.05, 0.1) is 31.8 Å². The Kier molecular flexibility index (Phi) is 3.94. The minimum atomic E-state index is -1.16. The van der Waals surface area contributed by atoms with Crippen molar-refractivity contribution in [3.8, 4) is 0 Å². The van der Waals surface area contributed by atoms with Gasteiger partial charge in [0, 0.05) is 18.6 Å². The number of nitrogens with one attached hydrogen (secondary N) is 2. The second kappa shape index (κ2) is 5.64. The zero-order chi connectivity index (χ0) is 13.0. The molecule has 0 radical (unpaired) electrons. The number of hydrazone groups is 1. The molecule has 1 aliphatic heterocycles. The van der Waals surface area contributed by atoms with Crippen molar-refractivity contribution in [3.05, 3.63) is 29.8 Å². The zero-order valence-electron chi connectivity index (χ0n) is 10.4. The molecule has 0 aliphatic carbocycles. The molecule has 5 nitrogen and oxygen atoms in total. The number of benzene rings is 1. The number of nitrogens with zero attached hydrogens (tertiary/aromatic N) is 1. The van der Waals surface area contributed by atoms with Gasteiger partial charge in [0.1, 0.15) is 0 Å². The first kappa shape index (κ1) is 12.6. The van der Waals surface area contributed by atoms with Crippen molar-refractivity contribution in [1.29, 1.82) is 0 Å². The van der Waals surface area contributed by atoms with Gasteiger partial charge in [0.25, 0.3) is 0 Å². The third kappa shape index (κ3) is 3.30. The summed E-state index contributed by atoms with van der Waals surface area (Å²) in [6.07, 6.45) is 2.02. The van der Waals surface area contributed by atoms with Crippen LogP contribution in [0.15, 0.2) is 29.4 Å². The fraction of sp³-hybridized carbons (Fsp3) is 0.385. The van der Waals surface area contributed by atoms with E-state index in [9.17, 15) is 9.90 Å². The number of aromatic carboxylic acids is 1. The number of carboxylic acid groups (broad SMARTS) is 1. The number of carboxylic acids is 1. The van der Waals surface area contributed by atoms with E-state index in [0.29, 0.717) is 0 Å². The Balaban J connectivity index is 1.93. The molecule has 1 fully saturated rings. The van der Waals surface area contributed by atoms with Crippen LogP contribution in [0.25, 0.3) is 0 Å². The molecule has 0 unspecified atom stereocenters. The van der Waals surface area contributed by atoms with E-state index in [2.05, 4.69) is 17.6 Å². The van der Waals surface area contributed by atoms with E-state index >= 15 is 0 Å². The summed E-state index contributed by atoms with van der Waals surface area (Å²) in [6.45, 7) is 2.23. The molecule has 1 aromatic rings. The van der Waals surface area contributed by atoms with Crippen LogP contribution in [0.5, 0.6) is 0 Å². The first-order chi connectivity index (χ1) is 8.65. The van der Waals surface area contributed by atoms with Gasteiger partial charge in [-0.3, -0.25) is 5.43 Å². The summed E-state index contributed by atoms with van der Waals surface area (Å²) in [5, 5.41) is 14.9. The number of likely N-dealkylation sites (tertiary alicyclic amines) is 1. The van der Waals surface area contributed by atoms with Crippen LogP contribution in [0.1, 0.15) is 23.2 Å². The Morgan fingerprint density at radius 2 is 1.89 bits per heavy atom. The molecule has 0 aromatic heterocycles. The van der Waals surface area contributed by atoms with Crippen LogP contribution >= 0.6 is 0 Å². The Morgan fingerprint density at radius 3 is 2.44 bits per heavy atom. The Labute approximate surface area is 106 Å². The second-order valence-electron chi connectivity index (χ2n) is 4.61. The normalized spacial score (nSPS) is 19.4. The fourth-order valence-electron chi connectivity index (χ4n) is 1.90. The van der Waals surface area contributed by atoms with E-state index < -0.39 is 5.97 Å². The quantitative estimate of drug-likeness (QED) is 0.682. The van der Waals surface area contributed by atoms with Crippen molar-refractivity contribution >= 4 is 17.4 Å². The maximum absolute atomic E-state index is 10.6. The van der Waals surface area contributed by atoms with Crippen molar-refractivity contribution in [2.45, 2.75) is 12.8 Å². The molecule has 1 aromatic carbocycles. The first-order valence-corrected chi connectivity index (χ1v) is 6.09. The van der Waals surface area contributed by atoms with Crippen molar-refractivity contribution in [1.82, 2.24) is 0 Å². The minimum Gasteiger partial charge on any atom is -0.545 e. The third-order valence-electron chi connectivity index (χ3n) is 3.14. The number of carbonyl (C=O) groups excluding carboxylic acids is 1. The van der Waals surface area contributed by atoms with Crippen LogP contribution in [-0.2, 0) is 0 Å². The van der Waals surface area contributed by atoms with Crippen molar-refractivity contribution in [2.24, 2.45) is 5.10 Å². The Hall–Kier alpha value is -1.88. The highest BCUT2D eigenvalue weighted by Crippen LogP contribution is 2.09. The molecule has 0 atom stereocenters. The molecule has 2 rings (SSSR count). The molecule has 1 heterocycles. The third-order valence-corrected chi connectivity index (χ3v) is 3.14. The topological polar surface area (TPSA) is 69.0 Å². The number of anilines is 1. The molecule has 1 saturated heterocycles. The highest BCUT2D eigenvalue weighted by molar-refractivity contribution is 5.87. The maximum Gasteiger partial charge on any atom is 0.0822 e. The molecule has 0 amide bonds. The molecule has 0 spiro atoms. The average molecular weight is 247 g/mol. The molecule has 0 saturated carbocycles. The zero-order valence-corrected chi connectivity index (χ0v) is 10.4. The predicted molar refractivity (Wildman–Crippen MR) is 67.7 cm³/mol. The van der Waals surface area contributed by atoms with E-state index in [1.165, 1.54) is 22.7 Å². The fourth-order valence-corrected chi connectivity index (χ4v) is 1.90. The predicted octanol–water partition coefficient (Wildman–Crippen LogP) is -0.873. The van der Waals surface area contributed by atoms with Crippen molar-refractivity contribution in [2.75, 3.05) is 25.6 Å². The van der Waals surface area contributed by atoms with Gasteiger partial charge in [-0.1, -0.05) is 12.1 Å². The summed E-state index contributed by atoms with van der Waals surface area (Å²) in [4.78, 5) is 12.1. The number of quaternary nitrogens is 1. The standard InChI is InChI=1S/C13H17N3O2/c1-16-8-6-12(7-9-16)15-14-11-4-2-10(3-5-11)13(17)18/h2-5,14H,6-9H2,1H3,(H,17,18). The first-order valence-electron chi connectivity index (χ1n) is 6.09. The Morgan fingerprint density at radius 1 is 1.28 bits per heavy atom. The SMILES string of the molecule is C[NH+]1CCC(=NNc2ccc(C(=O)[O-])cc2)CC1. The molecule has 96 valence electrons. The molecule has 18 heavy (non-hydrogen) atoms. The van der Waals surface area contributed by atoms with Gasteiger partial charge in [0.15, 0.2) is 0 Å².